The van der Waals surface area contributed by atoms with Gasteiger partial charge in [0, 0.05) is 77.9 Å². The van der Waals surface area contributed by atoms with Crippen LogP contribution in [0.15, 0.2) is 219 Å². The molecular weight excluding hydrogens is 1180 g/mol. The summed E-state index contributed by atoms with van der Waals surface area (Å²) in [6.07, 6.45) is 7.45. The molecule has 0 unspecified atom stereocenters. The third-order valence-electron chi connectivity index (χ3n) is 15.9. The van der Waals surface area contributed by atoms with Crippen molar-refractivity contribution in [3.63, 3.8) is 0 Å². The number of pyridine rings is 4. The van der Waals surface area contributed by atoms with Gasteiger partial charge in [-0.15, -0.1) is 0 Å². The molecule has 0 aliphatic carbocycles. The number of esters is 3. The topological polar surface area (TPSA) is 175 Å². The third-order valence-corrected chi connectivity index (χ3v) is 21.5. The number of ether oxygens (including phenoxy) is 4. The number of nitrogens with zero attached hydrogens (tertiary/aromatic N) is 6. The molecule has 1 amide bonds. The number of amides is 1. The zero-order chi connectivity index (χ0) is 61.5. The van der Waals surface area contributed by atoms with Gasteiger partial charge >= 0.3 is 271 Å². The number of carbonyl (C=O) groups excluding carboxylic acids is 4. The summed E-state index contributed by atoms with van der Waals surface area (Å²) in [5.41, 5.74) is 2.71. The van der Waals surface area contributed by atoms with Gasteiger partial charge in [0.25, 0.3) is 0 Å². The standard InChI is InChI=1S/C71H60Cl2N7O8P/c1-47(81)85-67-58(45-79(41-50-20-12-16-32-74-50)42-51-21-13-17-33-75-51)65-61(39-63(67)72)71(62-40-64(73)68(86-48(2)82)59(66(62)87-65)46-80(43-52-22-14-18-34-76-52)44-53-23-15-19-35-77-53)60-31-30-49(38-57(60)70(84)88-71)69(83)78-36-37-89(54-24-6-3-7-25-54,55-26-8-4-9-27-55)56-28-10-5-11-29-56/h3-35,38-40,89H,36-37,41-46H2,1-2H3,(H,78,83). The Morgan fingerprint density at radius 1 is 0.506 bits per heavy atom. The van der Waals surface area contributed by atoms with Crippen LogP contribution in [0.2, 0.25) is 10.0 Å². The number of rotatable bonds is 21. The fraction of sp³-hybridized carbons (Fsp3) is 0.155. The predicted octanol–water partition coefficient (Wildman–Crippen LogP) is 11.9. The maximum atomic E-state index is 15.2. The van der Waals surface area contributed by atoms with E-state index in [1.807, 2.05) is 91.0 Å². The van der Waals surface area contributed by atoms with Crippen LogP contribution in [0.25, 0.3) is 0 Å². The Bertz CT molecular complexity index is 3880. The molecule has 0 bridgehead atoms. The van der Waals surface area contributed by atoms with Crippen LogP contribution in [-0.4, -0.2) is 66.3 Å². The van der Waals surface area contributed by atoms with E-state index in [0.717, 1.165) is 22.8 Å². The average molecular weight is 1240 g/mol. The fourth-order valence-electron chi connectivity index (χ4n) is 12.2. The van der Waals surface area contributed by atoms with Gasteiger partial charge in [-0.25, -0.2) is 0 Å². The minimum atomic E-state index is -2.76. The van der Waals surface area contributed by atoms with Crippen LogP contribution in [0, 0.1) is 0 Å². The van der Waals surface area contributed by atoms with Crippen molar-refractivity contribution >= 4 is 70.2 Å². The van der Waals surface area contributed by atoms with Gasteiger partial charge in [-0.1, -0.05) is 47.5 Å². The van der Waals surface area contributed by atoms with E-state index in [9.17, 15) is 14.4 Å². The number of hydrogen-bond donors (Lipinski definition) is 1. The summed E-state index contributed by atoms with van der Waals surface area (Å²) in [6.45, 7) is 3.98. The Kier molecular flexibility index (Phi) is 17.8. The third kappa shape index (κ3) is 12.5. The van der Waals surface area contributed by atoms with Crippen molar-refractivity contribution in [2.45, 2.75) is 58.7 Å². The number of carbonyl (C=O) groups is 4. The van der Waals surface area contributed by atoms with Gasteiger partial charge in [-0.05, 0) is 48.5 Å². The summed E-state index contributed by atoms with van der Waals surface area (Å²) >= 11 is 14.9. The van der Waals surface area contributed by atoms with Crippen molar-refractivity contribution in [2.75, 3.05) is 12.7 Å². The SMILES string of the molecule is CC(=O)Oc1c(Cl)cc2c(c1CN(Cc1ccccn1)Cc1ccccn1)Oc1c(cc(Cl)c(OC(C)=O)c1CN(Cc1ccccn1)Cc1ccccn1)C21OC(=O)c2cc(C(=O)NCC[PH](c3ccccc3)(c3ccccc3)c3ccccc3)ccc21. The normalized spacial score (nSPS) is 13.0. The first kappa shape index (κ1) is 59.8. The number of nitrogens with one attached hydrogen (secondary N) is 1. The molecule has 0 atom stereocenters. The first-order chi connectivity index (χ1) is 43.4. The number of halogens is 2. The molecule has 0 saturated heterocycles. The van der Waals surface area contributed by atoms with Crippen molar-refractivity contribution in [1.82, 2.24) is 35.1 Å². The van der Waals surface area contributed by atoms with Crippen LogP contribution < -0.4 is 35.4 Å². The Morgan fingerprint density at radius 2 is 0.899 bits per heavy atom. The molecule has 0 saturated carbocycles. The Morgan fingerprint density at radius 3 is 1.27 bits per heavy atom. The predicted molar refractivity (Wildman–Crippen MR) is 344 cm³/mol. The first-order valence-corrected chi connectivity index (χ1v) is 32.0. The van der Waals surface area contributed by atoms with Gasteiger partial charge in [0.1, 0.15) is 0 Å². The van der Waals surface area contributed by atoms with Crippen LogP contribution in [0.5, 0.6) is 23.0 Å². The average Bonchev–Trinajstić information content (AvgIpc) is 1.65. The number of aromatic nitrogens is 4. The van der Waals surface area contributed by atoms with Crippen molar-refractivity contribution in [2.24, 2.45) is 0 Å². The summed E-state index contributed by atoms with van der Waals surface area (Å²) in [5, 5.41) is 6.82. The molecule has 1 spiro atoms. The second kappa shape index (κ2) is 26.5. The van der Waals surface area contributed by atoms with E-state index < -0.39 is 36.7 Å². The van der Waals surface area contributed by atoms with Gasteiger partial charge in [0.05, 0.1) is 22.8 Å². The molecule has 4 aromatic heterocycles. The van der Waals surface area contributed by atoms with Gasteiger partial charge in [0.2, 0.25) is 0 Å². The van der Waals surface area contributed by atoms with Crippen molar-refractivity contribution < 1.29 is 38.1 Å². The van der Waals surface area contributed by atoms with Gasteiger partial charge < -0.3 is 9.47 Å². The minimum absolute atomic E-state index is 0.00184. The summed E-state index contributed by atoms with van der Waals surface area (Å²) in [4.78, 5) is 79.4. The molecule has 6 aromatic carbocycles. The van der Waals surface area contributed by atoms with Crippen LogP contribution in [-0.2, 0) is 59.2 Å². The molecule has 10 aromatic rings. The van der Waals surface area contributed by atoms with E-state index in [2.05, 4.69) is 108 Å². The zero-order valence-corrected chi connectivity index (χ0v) is 51.2. The van der Waals surface area contributed by atoms with E-state index in [1.54, 1.807) is 55.1 Å². The van der Waals surface area contributed by atoms with E-state index >= 15 is 4.79 Å². The number of hydrogen-bond acceptors (Lipinski definition) is 14. The second-order valence-electron chi connectivity index (χ2n) is 21.8. The van der Waals surface area contributed by atoms with Crippen molar-refractivity contribution in [3.05, 3.63) is 291 Å². The molecule has 6 heterocycles. The van der Waals surface area contributed by atoms with Gasteiger partial charge in [-0.3, -0.25) is 39.3 Å². The Labute approximate surface area is 525 Å². The van der Waals surface area contributed by atoms with Gasteiger partial charge in [-0.2, -0.15) is 0 Å². The Hall–Kier alpha value is -9.47. The molecule has 446 valence electrons. The molecule has 2 aliphatic rings. The molecule has 1 N–H and O–H groups in total. The van der Waals surface area contributed by atoms with E-state index in [-0.39, 0.29) is 94.6 Å². The van der Waals surface area contributed by atoms with E-state index in [1.165, 1.54) is 29.8 Å². The first-order valence-electron chi connectivity index (χ1n) is 29.0. The summed E-state index contributed by atoms with van der Waals surface area (Å²) in [6, 6.07) is 61.9. The molecule has 0 radical (unpaired) electrons. The maximum absolute atomic E-state index is 15.2. The number of fused-ring (bicyclic) bond motifs is 6. The molecule has 0 fully saturated rings. The molecule has 2 aliphatic heterocycles. The molecule has 18 heteroatoms. The van der Waals surface area contributed by atoms with E-state index in [0.29, 0.717) is 29.4 Å². The number of benzene rings is 6. The zero-order valence-electron chi connectivity index (χ0n) is 48.6. The quantitative estimate of drug-likeness (QED) is 0.0408. The van der Waals surface area contributed by atoms with Crippen LogP contribution in [0.4, 0.5) is 0 Å². The summed E-state index contributed by atoms with van der Waals surface area (Å²) < 4.78 is 26.5. The van der Waals surface area contributed by atoms with Crippen LogP contribution in [0.3, 0.4) is 0 Å². The van der Waals surface area contributed by atoms with Crippen LogP contribution in [0.1, 0.15) is 85.2 Å². The summed E-state index contributed by atoms with van der Waals surface area (Å²) in [7, 11) is -2.76. The fourth-order valence-corrected chi connectivity index (χ4v) is 17.4. The monoisotopic (exact) mass is 1240 g/mol. The molecule has 15 nitrogen and oxygen atoms in total. The van der Waals surface area contributed by atoms with Gasteiger partial charge in [0.15, 0.2) is 11.5 Å². The van der Waals surface area contributed by atoms with Crippen LogP contribution >= 0.6 is 30.5 Å². The van der Waals surface area contributed by atoms with Crippen molar-refractivity contribution in [3.8, 4) is 23.0 Å². The summed E-state index contributed by atoms with van der Waals surface area (Å²) in [5.74, 6) is -2.28. The Balaban J connectivity index is 1.02. The molecule has 12 rings (SSSR count). The second-order valence-corrected chi connectivity index (χ2v) is 26.6. The van der Waals surface area contributed by atoms with Crippen molar-refractivity contribution in [1.29, 1.82) is 0 Å². The van der Waals surface area contributed by atoms with E-state index in [4.69, 9.17) is 42.1 Å². The molecule has 89 heavy (non-hydrogen) atoms. The molecular formula is C71H60Cl2N7O8P.